The number of aromatic nitrogens is 1. The third-order valence-corrected chi connectivity index (χ3v) is 14.1. The van der Waals surface area contributed by atoms with Crippen molar-refractivity contribution in [3.8, 4) is 0 Å². The number of rotatable bonds is 10. The summed E-state index contributed by atoms with van der Waals surface area (Å²) in [6, 6.07) is 28.7. The van der Waals surface area contributed by atoms with E-state index < -0.39 is 20.0 Å². The summed E-state index contributed by atoms with van der Waals surface area (Å²) in [7, 11) is 0.510. The summed E-state index contributed by atoms with van der Waals surface area (Å²) in [5.74, 6) is 0. The molecule has 0 atom stereocenters. The molecule has 13 heteroatoms. The second-order valence-corrected chi connectivity index (χ2v) is 17.8. The number of piperazine rings is 2. The molecule has 2 saturated heterocycles. The molecule has 0 radical (unpaired) electrons. The Kier molecular flexibility index (Phi) is 10.3. The van der Waals surface area contributed by atoms with Gasteiger partial charge in [0.1, 0.15) is 0 Å². The van der Waals surface area contributed by atoms with E-state index in [1.54, 1.807) is 20.7 Å². The molecule has 0 unspecified atom stereocenters. The van der Waals surface area contributed by atoms with Gasteiger partial charge in [-0.3, -0.25) is 14.8 Å². The largest absolute Gasteiger partial charge is 0.377 e. The summed E-state index contributed by atoms with van der Waals surface area (Å²) in [6.45, 7) is 5.37. The number of sulfonamides is 2. The van der Waals surface area contributed by atoms with Gasteiger partial charge in [-0.15, -0.1) is 0 Å². The molecule has 4 aromatic carbocycles. The minimum absolute atomic E-state index is 0.349. The topological polar surface area (TPSA) is 101 Å². The van der Waals surface area contributed by atoms with Crippen molar-refractivity contribution in [2.24, 2.45) is 0 Å². The van der Waals surface area contributed by atoms with Gasteiger partial charge >= 0.3 is 0 Å². The predicted octanol–water partition coefficient (Wildman–Crippen LogP) is 4.53. The van der Waals surface area contributed by atoms with Crippen LogP contribution in [0.4, 0.5) is 11.4 Å². The van der Waals surface area contributed by atoms with E-state index in [4.69, 9.17) is 4.98 Å². The van der Waals surface area contributed by atoms with Crippen molar-refractivity contribution in [2.75, 3.05) is 90.3 Å². The van der Waals surface area contributed by atoms with E-state index in [-0.39, 0.29) is 0 Å². The zero-order chi connectivity index (χ0) is 36.6. The van der Waals surface area contributed by atoms with Gasteiger partial charge < -0.3 is 9.80 Å². The number of hydrogen-bond acceptors (Lipinski definition) is 9. The third kappa shape index (κ3) is 7.13. The Labute approximate surface area is 307 Å². The van der Waals surface area contributed by atoms with Crippen LogP contribution in [0.25, 0.3) is 21.5 Å². The molecule has 1 aromatic heterocycles. The fourth-order valence-corrected chi connectivity index (χ4v) is 10.7. The standard InChI is InChI=1S/C39H47N7O4S2/c1-41(2)36-16-6-14-34-32(36)12-8-18-38(34)51(47,48)45-24-20-43(21-25-45)28-30-10-5-11-31(40-30)29-44-22-26-46(27-23-44)52(49,50)39-19-9-13-33-35(39)15-7-17-37(33)42(3)4/h5-19H,20-29H2,1-4H3. The van der Waals surface area contributed by atoms with Gasteiger partial charge in [-0.2, -0.15) is 8.61 Å². The minimum atomic E-state index is -3.67. The molecule has 7 rings (SSSR count). The van der Waals surface area contributed by atoms with Crippen LogP contribution in [-0.2, 0) is 33.1 Å². The first-order chi connectivity index (χ1) is 24.9. The van der Waals surface area contributed by atoms with Crippen LogP contribution in [0.2, 0.25) is 0 Å². The molecular weight excluding hydrogens is 695 g/mol. The summed E-state index contributed by atoms with van der Waals surface area (Å²) in [5.41, 5.74) is 3.85. The molecule has 3 heterocycles. The Balaban J connectivity index is 0.952. The van der Waals surface area contributed by atoms with Gasteiger partial charge in [0.25, 0.3) is 0 Å². The van der Waals surface area contributed by atoms with Crippen LogP contribution in [0.3, 0.4) is 0 Å². The molecule has 2 fully saturated rings. The molecule has 2 aliphatic rings. The van der Waals surface area contributed by atoms with Gasteiger partial charge in [0.2, 0.25) is 20.0 Å². The number of fused-ring (bicyclic) bond motifs is 2. The van der Waals surface area contributed by atoms with E-state index in [0.717, 1.165) is 44.3 Å². The van der Waals surface area contributed by atoms with E-state index in [1.165, 1.54) is 0 Å². The number of anilines is 2. The van der Waals surface area contributed by atoms with Crippen LogP contribution in [0, 0.1) is 0 Å². The number of benzene rings is 4. The maximum absolute atomic E-state index is 13.9. The molecule has 274 valence electrons. The summed E-state index contributed by atoms with van der Waals surface area (Å²) < 4.78 is 58.6. The molecule has 0 aliphatic carbocycles. The molecule has 0 saturated carbocycles. The highest BCUT2D eigenvalue weighted by Gasteiger charge is 2.32. The Bertz CT molecular complexity index is 2140. The van der Waals surface area contributed by atoms with Crippen LogP contribution < -0.4 is 9.80 Å². The van der Waals surface area contributed by atoms with E-state index in [9.17, 15) is 16.8 Å². The van der Waals surface area contributed by atoms with Crippen molar-refractivity contribution in [3.63, 3.8) is 0 Å². The lowest BCUT2D eigenvalue weighted by atomic mass is 10.1. The van der Waals surface area contributed by atoms with Gasteiger partial charge in [-0.25, -0.2) is 16.8 Å². The summed E-state index contributed by atoms with van der Waals surface area (Å²) in [4.78, 5) is 14.2. The van der Waals surface area contributed by atoms with Gasteiger partial charge in [0.15, 0.2) is 0 Å². The fraction of sp³-hybridized carbons (Fsp3) is 0.359. The molecule has 52 heavy (non-hydrogen) atoms. The normalized spacial score (nSPS) is 17.2. The number of pyridine rings is 1. The van der Waals surface area contributed by atoms with Crippen LogP contribution in [0.15, 0.2) is 101 Å². The quantitative estimate of drug-likeness (QED) is 0.205. The first-order valence-corrected chi connectivity index (χ1v) is 20.6. The Morgan fingerprint density at radius 2 is 0.827 bits per heavy atom. The molecular formula is C39H47N7O4S2. The van der Waals surface area contributed by atoms with Gasteiger partial charge in [-0.05, 0) is 36.4 Å². The smallest absolute Gasteiger partial charge is 0.243 e. The molecule has 2 aliphatic heterocycles. The van der Waals surface area contributed by atoms with E-state index in [1.807, 2.05) is 117 Å². The maximum Gasteiger partial charge on any atom is 0.243 e. The second kappa shape index (κ2) is 14.7. The van der Waals surface area contributed by atoms with Crippen molar-refractivity contribution in [1.29, 1.82) is 0 Å². The zero-order valence-electron chi connectivity index (χ0n) is 30.3. The Morgan fingerprint density at radius 1 is 0.481 bits per heavy atom. The van der Waals surface area contributed by atoms with Crippen LogP contribution in [0.5, 0.6) is 0 Å². The molecule has 0 spiro atoms. The SMILES string of the molecule is CN(C)c1cccc2c(S(=O)(=O)N3CCN(Cc4cccc(CN5CCN(S(=O)(=O)c6cccc7c(N(C)C)cccc67)CC5)n4)CC3)cccc12. The fourth-order valence-electron chi connectivity index (χ4n) is 7.46. The average Bonchev–Trinajstić information content (AvgIpc) is 3.14. The number of hydrogen-bond donors (Lipinski definition) is 0. The summed E-state index contributed by atoms with van der Waals surface area (Å²) in [5, 5.41) is 3.32. The van der Waals surface area contributed by atoms with E-state index >= 15 is 0 Å². The molecule has 5 aromatic rings. The van der Waals surface area contributed by atoms with E-state index in [0.29, 0.717) is 75.2 Å². The van der Waals surface area contributed by atoms with Crippen LogP contribution >= 0.6 is 0 Å². The lowest BCUT2D eigenvalue weighted by molar-refractivity contribution is 0.176. The molecule has 0 amide bonds. The highest BCUT2D eigenvalue weighted by Crippen LogP contribution is 2.33. The predicted molar refractivity (Wildman–Crippen MR) is 209 cm³/mol. The number of nitrogens with zero attached hydrogens (tertiary/aromatic N) is 7. The molecule has 0 N–H and O–H groups in total. The Morgan fingerprint density at radius 3 is 1.21 bits per heavy atom. The van der Waals surface area contributed by atoms with E-state index in [2.05, 4.69) is 9.80 Å². The van der Waals surface area contributed by atoms with Crippen molar-refractivity contribution < 1.29 is 16.8 Å². The second-order valence-electron chi connectivity index (χ2n) is 14.0. The monoisotopic (exact) mass is 741 g/mol. The minimum Gasteiger partial charge on any atom is -0.377 e. The Hall–Kier alpha value is -4.11. The first-order valence-electron chi connectivity index (χ1n) is 17.7. The van der Waals surface area contributed by atoms with Gasteiger partial charge in [0, 0.05) is 127 Å². The van der Waals surface area contributed by atoms with Gasteiger partial charge in [-0.1, -0.05) is 54.6 Å². The van der Waals surface area contributed by atoms with Crippen molar-refractivity contribution in [2.45, 2.75) is 22.9 Å². The highest BCUT2D eigenvalue weighted by molar-refractivity contribution is 7.89. The van der Waals surface area contributed by atoms with Crippen molar-refractivity contribution in [1.82, 2.24) is 23.4 Å². The maximum atomic E-state index is 13.9. The summed E-state index contributed by atoms with van der Waals surface area (Å²) >= 11 is 0. The van der Waals surface area contributed by atoms with Crippen molar-refractivity contribution >= 4 is 53.0 Å². The van der Waals surface area contributed by atoms with Crippen molar-refractivity contribution in [3.05, 3.63) is 102 Å². The average molecular weight is 742 g/mol. The first kappa shape index (κ1) is 36.3. The van der Waals surface area contributed by atoms with Crippen LogP contribution in [0.1, 0.15) is 11.4 Å². The third-order valence-electron chi connectivity index (χ3n) is 10.2. The van der Waals surface area contributed by atoms with Crippen LogP contribution in [-0.4, -0.2) is 121 Å². The summed E-state index contributed by atoms with van der Waals surface area (Å²) in [6.07, 6.45) is 0. The molecule has 11 nitrogen and oxygen atoms in total. The highest BCUT2D eigenvalue weighted by atomic mass is 32.2. The van der Waals surface area contributed by atoms with Gasteiger partial charge in [0.05, 0.1) is 21.2 Å². The lowest BCUT2D eigenvalue weighted by Crippen LogP contribution is -2.48. The lowest BCUT2D eigenvalue weighted by Gasteiger charge is -2.34. The molecule has 0 bridgehead atoms. The zero-order valence-corrected chi connectivity index (χ0v) is 31.9.